The Labute approximate surface area is 173 Å². The minimum absolute atomic E-state index is 0.239. The van der Waals surface area contributed by atoms with Crippen LogP contribution in [-0.4, -0.2) is 43.8 Å². The standard InChI is InChI=1S/C19H23ClN8O/c1-12-11-22-19(26-25-12)24-15-6-5-14(10-15)23-17(21-3)8-4-13(2)28-18(29)9-7-16(20)27-28/h4,7-9,11,14-15,23H,3,5-6,10H2,1-2H3,(H,22,24,26)/b13-4+,17-8+/t14-,15-/m0/s1. The minimum Gasteiger partial charge on any atom is -0.367 e. The number of nitrogens with one attached hydrogen (secondary N) is 2. The normalized spacial score (nSPS) is 19.8. The monoisotopic (exact) mass is 414 g/mol. The highest BCUT2D eigenvalue weighted by Crippen LogP contribution is 2.22. The molecule has 29 heavy (non-hydrogen) atoms. The number of allylic oxidation sites excluding steroid dienone is 3. The van der Waals surface area contributed by atoms with E-state index in [4.69, 9.17) is 11.6 Å². The number of halogens is 1. The van der Waals surface area contributed by atoms with Crippen LogP contribution in [0.5, 0.6) is 0 Å². The Morgan fingerprint density at radius 3 is 2.83 bits per heavy atom. The molecule has 3 rings (SSSR count). The average Bonchev–Trinajstić information content (AvgIpc) is 3.15. The predicted octanol–water partition coefficient (Wildman–Crippen LogP) is 2.42. The summed E-state index contributed by atoms with van der Waals surface area (Å²) in [6.45, 7) is 7.24. The number of aromatic nitrogens is 5. The Morgan fingerprint density at radius 2 is 2.10 bits per heavy atom. The molecule has 2 aromatic rings. The van der Waals surface area contributed by atoms with E-state index in [-0.39, 0.29) is 22.8 Å². The van der Waals surface area contributed by atoms with Crippen LogP contribution >= 0.6 is 11.6 Å². The number of rotatable bonds is 7. The van der Waals surface area contributed by atoms with Gasteiger partial charge >= 0.3 is 0 Å². The van der Waals surface area contributed by atoms with Crippen molar-refractivity contribution in [3.05, 3.63) is 57.5 Å². The summed E-state index contributed by atoms with van der Waals surface area (Å²) in [6.07, 6.45) is 8.06. The molecule has 2 N–H and O–H groups in total. The first-order valence-corrected chi connectivity index (χ1v) is 9.63. The second-order valence-electron chi connectivity index (χ2n) is 6.84. The van der Waals surface area contributed by atoms with E-state index in [0.717, 1.165) is 25.0 Å². The largest absolute Gasteiger partial charge is 0.367 e. The molecule has 1 fully saturated rings. The van der Waals surface area contributed by atoms with Gasteiger partial charge in [0.05, 0.1) is 11.9 Å². The van der Waals surface area contributed by atoms with E-state index in [9.17, 15) is 4.79 Å². The van der Waals surface area contributed by atoms with Crippen molar-refractivity contribution < 1.29 is 0 Å². The third kappa shape index (κ3) is 5.71. The molecule has 2 aromatic heterocycles. The van der Waals surface area contributed by atoms with Crippen molar-refractivity contribution in [2.75, 3.05) is 5.32 Å². The smallest absolute Gasteiger partial charge is 0.271 e. The van der Waals surface area contributed by atoms with Crippen molar-refractivity contribution in [1.82, 2.24) is 30.3 Å². The van der Waals surface area contributed by atoms with E-state index < -0.39 is 0 Å². The molecule has 0 saturated heterocycles. The van der Waals surface area contributed by atoms with Gasteiger partial charge in [-0.1, -0.05) is 11.6 Å². The van der Waals surface area contributed by atoms with Gasteiger partial charge < -0.3 is 10.6 Å². The first-order chi connectivity index (χ1) is 13.9. The van der Waals surface area contributed by atoms with E-state index in [1.165, 1.54) is 16.8 Å². The molecule has 1 saturated carbocycles. The van der Waals surface area contributed by atoms with Gasteiger partial charge in [0.1, 0.15) is 11.0 Å². The Morgan fingerprint density at radius 1 is 1.31 bits per heavy atom. The second kappa shape index (κ2) is 9.42. The summed E-state index contributed by atoms with van der Waals surface area (Å²) >= 11 is 5.87. The first-order valence-electron chi connectivity index (χ1n) is 9.25. The number of aliphatic imine (C=N–C) groups is 1. The van der Waals surface area contributed by atoms with Gasteiger partial charge in [-0.2, -0.15) is 10.2 Å². The van der Waals surface area contributed by atoms with Crippen LogP contribution in [0.4, 0.5) is 5.95 Å². The highest BCUT2D eigenvalue weighted by Gasteiger charge is 2.25. The van der Waals surface area contributed by atoms with Gasteiger partial charge in [-0.15, -0.1) is 5.10 Å². The lowest BCUT2D eigenvalue weighted by Gasteiger charge is -2.15. The molecule has 0 bridgehead atoms. The zero-order chi connectivity index (χ0) is 20.8. The molecule has 0 spiro atoms. The molecule has 2 heterocycles. The van der Waals surface area contributed by atoms with Crippen molar-refractivity contribution in [2.24, 2.45) is 4.99 Å². The quantitative estimate of drug-likeness (QED) is 0.528. The number of hydrogen-bond donors (Lipinski definition) is 2. The molecule has 10 heteroatoms. The average molecular weight is 415 g/mol. The molecular formula is C19H23ClN8O. The van der Waals surface area contributed by atoms with Crippen LogP contribution in [0.25, 0.3) is 5.70 Å². The van der Waals surface area contributed by atoms with Crippen LogP contribution in [-0.2, 0) is 0 Å². The summed E-state index contributed by atoms with van der Waals surface area (Å²) in [7, 11) is 0. The lowest BCUT2D eigenvalue weighted by atomic mass is 10.2. The van der Waals surface area contributed by atoms with Crippen molar-refractivity contribution in [2.45, 2.75) is 45.2 Å². The fourth-order valence-electron chi connectivity index (χ4n) is 3.09. The maximum absolute atomic E-state index is 11.9. The van der Waals surface area contributed by atoms with Crippen LogP contribution in [0.2, 0.25) is 5.15 Å². The molecule has 0 unspecified atom stereocenters. The Bertz CT molecular complexity index is 982. The van der Waals surface area contributed by atoms with Crippen molar-refractivity contribution in [1.29, 1.82) is 0 Å². The van der Waals surface area contributed by atoms with Crippen LogP contribution in [0, 0.1) is 6.92 Å². The van der Waals surface area contributed by atoms with E-state index in [2.05, 4.69) is 42.6 Å². The second-order valence-corrected chi connectivity index (χ2v) is 7.23. The first kappa shape index (κ1) is 20.7. The van der Waals surface area contributed by atoms with Crippen LogP contribution in [0.1, 0.15) is 31.9 Å². The van der Waals surface area contributed by atoms with Crippen molar-refractivity contribution in [3.63, 3.8) is 0 Å². The third-order valence-corrected chi connectivity index (χ3v) is 4.75. The third-order valence-electron chi connectivity index (χ3n) is 4.55. The number of nitrogens with zero attached hydrogens (tertiary/aromatic N) is 6. The van der Waals surface area contributed by atoms with Gasteiger partial charge in [-0.3, -0.25) is 4.79 Å². The topological polar surface area (TPSA) is 110 Å². The van der Waals surface area contributed by atoms with Crippen LogP contribution in [0.3, 0.4) is 0 Å². The van der Waals surface area contributed by atoms with E-state index >= 15 is 0 Å². The van der Waals surface area contributed by atoms with Gasteiger partial charge in [-0.25, -0.2) is 14.7 Å². The molecule has 0 aliphatic heterocycles. The highest BCUT2D eigenvalue weighted by molar-refractivity contribution is 6.29. The summed E-state index contributed by atoms with van der Waals surface area (Å²) < 4.78 is 1.24. The lowest BCUT2D eigenvalue weighted by Crippen LogP contribution is -2.27. The van der Waals surface area contributed by atoms with E-state index in [0.29, 0.717) is 17.5 Å². The van der Waals surface area contributed by atoms with Gasteiger partial charge in [0, 0.05) is 23.8 Å². The summed E-state index contributed by atoms with van der Waals surface area (Å²) in [5, 5.41) is 19.0. The highest BCUT2D eigenvalue weighted by atomic mass is 35.5. The fourth-order valence-corrected chi connectivity index (χ4v) is 3.23. The summed E-state index contributed by atoms with van der Waals surface area (Å²) in [4.78, 5) is 20.2. The predicted molar refractivity (Wildman–Crippen MR) is 114 cm³/mol. The lowest BCUT2D eigenvalue weighted by molar-refractivity contribution is 0.575. The SMILES string of the molecule is C=N/C(=C\C=C(/C)n1nc(Cl)ccc1=O)N[C@H]1CC[C@H](Nc2ncc(C)nn2)C1. The summed E-state index contributed by atoms with van der Waals surface area (Å²) in [5.41, 5.74) is 1.15. The van der Waals surface area contributed by atoms with Gasteiger partial charge in [0.2, 0.25) is 5.95 Å². The zero-order valence-electron chi connectivity index (χ0n) is 16.3. The zero-order valence-corrected chi connectivity index (χ0v) is 17.1. The van der Waals surface area contributed by atoms with E-state index in [1.807, 2.05) is 6.92 Å². The Kier molecular flexibility index (Phi) is 6.71. The van der Waals surface area contributed by atoms with Crippen molar-refractivity contribution in [3.8, 4) is 0 Å². The molecular weight excluding hydrogens is 392 g/mol. The molecule has 0 aromatic carbocycles. The minimum atomic E-state index is -0.254. The molecule has 1 aliphatic carbocycles. The summed E-state index contributed by atoms with van der Waals surface area (Å²) in [6, 6.07) is 3.34. The molecule has 9 nitrogen and oxygen atoms in total. The van der Waals surface area contributed by atoms with Crippen LogP contribution in [0.15, 0.2) is 46.1 Å². The van der Waals surface area contributed by atoms with Crippen molar-refractivity contribution >= 4 is 30.0 Å². The van der Waals surface area contributed by atoms with Gasteiger partial charge in [0.25, 0.3) is 5.56 Å². The number of aryl methyl sites for hydroxylation is 1. The van der Waals surface area contributed by atoms with Crippen LogP contribution < -0.4 is 16.2 Å². The molecule has 0 radical (unpaired) electrons. The number of hydrogen-bond acceptors (Lipinski definition) is 8. The maximum atomic E-state index is 11.9. The fraction of sp³-hybridized carbons (Fsp3) is 0.368. The van der Waals surface area contributed by atoms with Gasteiger partial charge in [-0.05, 0) is 58.0 Å². The Hall–Kier alpha value is -3.07. The summed E-state index contributed by atoms with van der Waals surface area (Å²) in [5.74, 6) is 1.16. The molecule has 2 atom stereocenters. The maximum Gasteiger partial charge on any atom is 0.271 e. The molecule has 1 aliphatic rings. The Balaban J connectivity index is 1.61. The van der Waals surface area contributed by atoms with Gasteiger partial charge in [0.15, 0.2) is 0 Å². The molecule has 152 valence electrons. The number of anilines is 1. The molecule has 0 amide bonds. The van der Waals surface area contributed by atoms with E-state index in [1.54, 1.807) is 25.3 Å².